The molecule has 0 bridgehead atoms. The van der Waals surface area contributed by atoms with Crippen LogP contribution in [0.25, 0.3) is 0 Å². The monoisotopic (exact) mass is 237 g/mol. The summed E-state index contributed by atoms with van der Waals surface area (Å²) in [6, 6.07) is 0. The zero-order valence-electron chi connectivity index (χ0n) is 8.66. The molecule has 1 N–H and O–H groups in total. The van der Waals surface area contributed by atoms with Crippen molar-refractivity contribution in [2.75, 3.05) is 25.6 Å². The largest absolute Gasteiger partial charge is 0.393 e. The number of nitrogens with zero attached hydrogens (tertiary/aromatic N) is 1. The molecule has 88 valence electrons. The second-order valence-electron chi connectivity index (χ2n) is 3.87. The first kappa shape index (κ1) is 12.7. The van der Waals surface area contributed by atoms with Crippen molar-refractivity contribution in [3.63, 3.8) is 0 Å². The van der Waals surface area contributed by atoms with Crippen LogP contribution in [0, 0.1) is 5.92 Å². The molecule has 1 aliphatic heterocycles. The van der Waals surface area contributed by atoms with Gasteiger partial charge in [0.1, 0.15) is 0 Å². The molecule has 1 aliphatic rings. The molecule has 0 saturated carbocycles. The minimum atomic E-state index is -0.471. The van der Waals surface area contributed by atoms with E-state index in [0.29, 0.717) is 38.2 Å². The van der Waals surface area contributed by atoms with Crippen molar-refractivity contribution in [1.82, 2.24) is 4.90 Å². The summed E-state index contributed by atoms with van der Waals surface area (Å²) in [5.41, 5.74) is 0. The van der Waals surface area contributed by atoms with Crippen LogP contribution in [0.15, 0.2) is 0 Å². The minimum Gasteiger partial charge on any atom is -0.393 e. The van der Waals surface area contributed by atoms with Gasteiger partial charge in [0.25, 0.3) is 0 Å². The summed E-state index contributed by atoms with van der Waals surface area (Å²) in [5, 5.41) is 9.60. The average Bonchev–Trinajstić information content (AvgIpc) is 2.22. The molecule has 0 aromatic heterocycles. The molecule has 2 atom stereocenters. The first-order chi connectivity index (χ1) is 7.19. The zero-order valence-corrected chi connectivity index (χ0v) is 9.42. The highest BCUT2D eigenvalue weighted by atomic mass is 35.5. The van der Waals surface area contributed by atoms with Crippen LogP contribution in [-0.4, -0.2) is 47.7 Å². The molecular formula is C10H17ClFNO2. The maximum atomic E-state index is 12.2. The van der Waals surface area contributed by atoms with Crippen molar-refractivity contribution in [2.45, 2.75) is 25.4 Å². The van der Waals surface area contributed by atoms with Crippen LogP contribution in [0.3, 0.4) is 0 Å². The lowest BCUT2D eigenvalue weighted by molar-refractivity contribution is -0.134. The Morgan fingerprint density at radius 2 is 2.33 bits per heavy atom. The highest BCUT2D eigenvalue weighted by molar-refractivity contribution is 6.18. The number of likely N-dealkylation sites (tertiary alicyclic amines) is 1. The smallest absolute Gasteiger partial charge is 0.223 e. The van der Waals surface area contributed by atoms with Crippen LogP contribution >= 0.6 is 11.6 Å². The molecule has 1 saturated heterocycles. The van der Waals surface area contributed by atoms with Gasteiger partial charge in [0, 0.05) is 31.3 Å². The van der Waals surface area contributed by atoms with Crippen LogP contribution < -0.4 is 0 Å². The lowest BCUT2D eigenvalue weighted by atomic mass is 9.92. The van der Waals surface area contributed by atoms with Crippen LogP contribution in [-0.2, 0) is 4.79 Å². The Morgan fingerprint density at radius 1 is 1.60 bits per heavy atom. The molecular weight excluding hydrogens is 221 g/mol. The number of piperidine rings is 1. The van der Waals surface area contributed by atoms with Crippen molar-refractivity contribution in [1.29, 1.82) is 0 Å². The third-order valence-corrected chi connectivity index (χ3v) is 3.02. The number of carbonyl (C=O) groups is 1. The lowest BCUT2D eigenvalue weighted by Gasteiger charge is -2.35. The molecule has 0 aromatic carbocycles. The van der Waals surface area contributed by atoms with Crippen molar-refractivity contribution in [3.05, 3.63) is 0 Å². The van der Waals surface area contributed by atoms with E-state index in [2.05, 4.69) is 0 Å². The molecule has 2 unspecified atom stereocenters. The molecule has 1 heterocycles. The van der Waals surface area contributed by atoms with Gasteiger partial charge in [-0.1, -0.05) is 0 Å². The van der Waals surface area contributed by atoms with Gasteiger partial charge in [0.15, 0.2) is 0 Å². The quantitative estimate of drug-likeness (QED) is 0.746. The van der Waals surface area contributed by atoms with Gasteiger partial charge in [0.05, 0.1) is 12.8 Å². The van der Waals surface area contributed by atoms with Gasteiger partial charge in [-0.15, -0.1) is 11.6 Å². The molecule has 1 rings (SSSR count). The Morgan fingerprint density at radius 3 is 2.93 bits per heavy atom. The van der Waals surface area contributed by atoms with Crippen LogP contribution in [0.5, 0.6) is 0 Å². The summed E-state index contributed by atoms with van der Waals surface area (Å²) in [7, 11) is 0. The molecule has 0 radical (unpaired) electrons. The van der Waals surface area contributed by atoms with Crippen LogP contribution in [0.1, 0.15) is 19.3 Å². The van der Waals surface area contributed by atoms with Gasteiger partial charge in [0.2, 0.25) is 5.91 Å². The number of carbonyl (C=O) groups excluding carboxylic acids is 1. The maximum absolute atomic E-state index is 12.2. The Balaban J connectivity index is 2.45. The van der Waals surface area contributed by atoms with Crippen LogP contribution in [0.2, 0.25) is 0 Å². The van der Waals surface area contributed by atoms with E-state index in [4.69, 9.17) is 11.6 Å². The van der Waals surface area contributed by atoms with Gasteiger partial charge in [-0.25, -0.2) is 0 Å². The predicted octanol–water partition coefficient (Wildman–Crippen LogP) is 1.18. The van der Waals surface area contributed by atoms with E-state index < -0.39 is 12.8 Å². The van der Waals surface area contributed by atoms with E-state index in [1.165, 1.54) is 0 Å². The number of alkyl halides is 2. The molecule has 1 amide bonds. The number of rotatable bonds is 4. The van der Waals surface area contributed by atoms with E-state index >= 15 is 0 Å². The van der Waals surface area contributed by atoms with Crippen molar-refractivity contribution >= 4 is 17.5 Å². The highest BCUT2D eigenvalue weighted by Crippen LogP contribution is 2.21. The third kappa shape index (κ3) is 3.61. The Labute approximate surface area is 94.2 Å². The molecule has 1 fully saturated rings. The van der Waals surface area contributed by atoms with Gasteiger partial charge >= 0.3 is 0 Å². The molecule has 0 aliphatic carbocycles. The molecule has 15 heavy (non-hydrogen) atoms. The predicted molar refractivity (Wildman–Crippen MR) is 56.6 cm³/mol. The van der Waals surface area contributed by atoms with Crippen molar-refractivity contribution < 1.29 is 14.3 Å². The van der Waals surface area contributed by atoms with Crippen molar-refractivity contribution in [3.8, 4) is 0 Å². The first-order valence-corrected chi connectivity index (χ1v) is 5.80. The molecule has 0 aromatic rings. The lowest BCUT2D eigenvalue weighted by Crippen LogP contribution is -2.46. The summed E-state index contributed by atoms with van der Waals surface area (Å²) in [5.74, 6) is 0.190. The molecule has 0 spiro atoms. The Hall–Kier alpha value is -0.350. The standard InChI is InChI=1S/C10H17ClFNO2/c11-4-1-10(15)13-6-3-9(14)8(7-13)2-5-12/h8-9,14H,1-7H2. The van der Waals surface area contributed by atoms with E-state index in [-0.39, 0.29) is 11.8 Å². The number of aliphatic hydroxyl groups is 1. The van der Waals surface area contributed by atoms with E-state index in [1.807, 2.05) is 0 Å². The number of hydrogen-bond acceptors (Lipinski definition) is 2. The second-order valence-corrected chi connectivity index (χ2v) is 4.25. The van der Waals surface area contributed by atoms with Crippen molar-refractivity contribution in [2.24, 2.45) is 5.92 Å². The third-order valence-electron chi connectivity index (χ3n) is 2.83. The second kappa shape index (κ2) is 6.28. The molecule has 5 heteroatoms. The fourth-order valence-corrected chi connectivity index (χ4v) is 2.07. The summed E-state index contributed by atoms with van der Waals surface area (Å²) < 4.78 is 12.2. The summed E-state index contributed by atoms with van der Waals surface area (Å²) in [6.07, 6.45) is 0.714. The zero-order chi connectivity index (χ0) is 11.3. The Kier molecular flexibility index (Phi) is 5.32. The molecule has 3 nitrogen and oxygen atoms in total. The number of hydrogen-bond donors (Lipinski definition) is 1. The fourth-order valence-electron chi connectivity index (χ4n) is 1.91. The minimum absolute atomic E-state index is 0.000702. The van der Waals surface area contributed by atoms with Gasteiger partial charge in [-0.3, -0.25) is 9.18 Å². The van der Waals surface area contributed by atoms with Gasteiger partial charge < -0.3 is 10.0 Å². The maximum Gasteiger partial charge on any atom is 0.223 e. The SMILES string of the molecule is O=C(CCCl)N1CCC(O)C(CCF)C1. The van der Waals surface area contributed by atoms with Gasteiger partial charge in [-0.2, -0.15) is 0 Å². The topological polar surface area (TPSA) is 40.5 Å². The fraction of sp³-hybridized carbons (Fsp3) is 0.900. The summed E-state index contributed by atoms with van der Waals surface area (Å²) in [4.78, 5) is 13.2. The number of amides is 1. The van der Waals surface area contributed by atoms with E-state index in [9.17, 15) is 14.3 Å². The normalized spacial score (nSPS) is 26.7. The highest BCUT2D eigenvalue weighted by Gasteiger charge is 2.29. The number of aliphatic hydroxyl groups excluding tert-OH is 1. The summed E-state index contributed by atoms with van der Waals surface area (Å²) in [6.45, 7) is 0.569. The van der Waals surface area contributed by atoms with Crippen LogP contribution in [0.4, 0.5) is 4.39 Å². The average molecular weight is 238 g/mol. The first-order valence-electron chi connectivity index (χ1n) is 5.26. The Bertz CT molecular complexity index is 216. The number of halogens is 2. The van der Waals surface area contributed by atoms with E-state index in [1.54, 1.807) is 4.90 Å². The van der Waals surface area contributed by atoms with Gasteiger partial charge in [-0.05, 0) is 12.8 Å². The van der Waals surface area contributed by atoms with E-state index in [0.717, 1.165) is 0 Å². The summed E-state index contributed by atoms with van der Waals surface area (Å²) >= 11 is 5.48.